The van der Waals surface area contributed by atoms with Gasteiger partial charge in [-0.2, -0.15) is 0 Å². The lowest BCUT2D eigenvalue weighted by Gasteiger charge is -2.24. The number of carbonyl (C=O) groups excluding carboxylic acids is 1. The van der Waals surface area contributed by atoms with Gasteiger partial charge in [0.1, 0.15) is 11.6 Å². The molecule has 2 atom stereocenters. The van der Waals surface area contributed by atoms with Crippen LogP contribution >= 0.6 is 0 Å². The molecule has 1 aromatic carbocycles. The second kappa shape index (κ2) is 7.24. The number of hydrogen-bond acceptors (Lipinski definition) is 3. The highest BCUT2D eigenvalue weighted by Gasteiger charge is 2.21. The molecule has 1 amide bonds. The normalized spacial score (nSPS) is 13.7. The maximum Gasteiger partial charge on any atom is 0.263 e. The molecule has 4 nitrogen and oxygen atoms in total. The van der Waals surface area contributed by atoms with E-state index < -0.39 is 11.9 Å². The number of benzene rings is 1. The van der Waals surface area contributed by atoms with Crippen LogP contribution in [0.25, 0.3) is 0 Å². The summed E-state index contributed by atoms with van der Waals surface area (Å²) in [6.07, 6.45) is -0.672. The zero-order valence-corrected chi connectivity index (χ0v) is 12.5. The Morgan fingerprint density at radius 2 is 1.95 bits per heavy atom. The third-order valence-corrected chi connectivity index (χ3v) is 3.19. The first kappa shape index (κ1) is 16.4. The number of halogens is 1. The van der Waals surface area contributed by atoms with Crippen LogP contribution in [0.5, 0.6) is 5.75 Å². The van der Waals surface area contributed by atoms with Crippen molar-refractivity contribution in [2.24, 2.45) is 5.73 Å². The van der Waals surface area contributed by atoms with Gasteiger partial charge in [-0.15, -0.1) is 0 Å². The highest BCUT2D eigenvalue weighted by Crippen LogP contribution is 2.26. The zero-order chi connectivity index (χ0) is 15.3. The minimum absolute atomic E-state index is 0.116. The van der Waals surface area contributed by atoms with E-state index in [0.717, 1.165) is 0 Å². The molecular formula is C15H23FN2O2. The fourth-order valence-electron chi connectivity index (χ4n) is 2.02. The Morgan fingerprint density at radius 1 is 1.35 bits per heavy atom. The molecule has 5 heteroatoms. The lowest BCUT2D eigenvalue weighted by Crippen LogP contribution is -2.40. The number of ether oxygens (including phenoxy) is 1. The van der Waals surface area contributed by atoms with Gasteiger partial charge in [0.05, 0.1) is 0 Å². The molecule has 0 radical (unpaired) electrons. The number of nitrogens with zero attached hydrogens (tertiary/aromatic N) is 1. The average Bonchev–Trinajstić information content (AvgIpc) is 2.39. The molecule has 2 N–H and O–H groups in total. The smallest absolute Gasteiger partial charge is 0.263 e. The molecule has 0 bridgehead atoms. The molecular weight excluding hydrogens is 259 g/mol. The molecule has 0 aliphatic carbocycles. The molecule has 20 heavy (non-hydrogen) atoms. The molecule has 0 saturated heterocycles. The summed E-state index contributed by atoms with van der Waals surface area (Å²) in [6, 6.07) is 3.90. The highest BCUT2D eigenvalue weighted by atomic mass is 19.1. The standard InChI is InChI=1S/C15H23FN2O2/c1-5-18(6-2)15(19)11(4)20-14-9-12(16)7-8-13(14)10(3)17/h7-11H,5-6,17H2,1-4H3/t10-,11?/m0/s1. The number of carbonyl (C=O) groups is 1. The number of amides is 1. The summed E-state index contributed by atoms with van der Waals surface area (Å²) in [4.78, 5) is 13.8. The van der Waals surface area contributed by atoms with E-state index in [0.29, 0.717) is 24.4 Å². The van der Waals surface area contributed by atoms with Crippen LogP contribution in [0.1, 0.15) is 39.3 Å². The van der Waals surface area contributed by atoms with Gasteiger partial charge in [0.25, 0.3) is 5.91 Å². The van der Waals surface area contributed by atoms with Gasteiger partial charge in [0.2, 0.25) is 0 Å². The van der Waals surface area contributed by atoms with Crippen LogP contribution in [0.4, 0.5) is 4.39 Å². The predicted octanol–water partition coefficient (Wildman–Crippen LogP) is 2.48. The Labute approximate surface area is 119 Å². The summed E-state index contributed by atoms with van der Waals surface area (Å²) in [5.74, 6) is -0.199. The third kappa shape index (κ3) is 3.93. The van der Waals surface area contributed by atoms with Crippen molar-refractivity contribution in [3.8, 4) is 5.75 Å². The topological polar surface area (TPSA) is 55.6 Å². The van der Waals surface area contributed by atoms with Crippen LogP contribution in [-0.2, 0) is 4.79 Å². The minimum Gasteiger partial charge on any atom is -0.480 e. The maximum atomic E-state index is 13.3. The predicted molar refractivity (Wildman–Crippen MR) is 77.0 cm³/mol. The second-order valence-corrected chi connectivity index (χ2v) is 4.74. The lowest BCUT2D eigenvalue weighted by molar-refractivity contribution is -0.137. The van der Waals surface area contributed by atoms with Crippen LogP contribution in [0.3, 0.4) is 0 Å². The van der Waals surface area contributed by atoms with Crippen molar-refractivity contribution < 1.29 is 13.9 Å². The minimum atomic E-state index is -0.672. The molecule has 0 spiro atoms. The number of nitrogens with two attached hydrogens (primary N) is 1. The van der Waals surface area contributed by atoms with Crippen molar-refractivity contribution in [3.63, 3.8) is 0 Å². The van der Waals surface area contributed by atoms with Crippen LogP contribution in [0.2, 0.25) is 0 Å². The summed E-state index contributed by atoms with van der Waals surface area (Å²) >= 11 is 0. The van der Waals surface area contributed by atoms with Crippen molar-refractivity contribution in [3.05, 3.63) is 29.6 Å². The van der Waals surface area contributed by atoms with Crippen LogP contribution in [0.15, 0.2) is 18.2 Å². The monoisotopic (exact) mass is 282 g/mol. The molecule has 0 saturated carbocycles. The van der Waals surface area contributed by atoms with Gasteiger partial charge in [-0.25, -0.2) is 4.39 Å². The summed E-state index contributed by atoms with van der Waals surface area (Å²) < 4.78 is 19.0. The van der Waals surface area contributed by atoms with Gasteiger partial charge >= 0.3 is 0 Å². The highest BCUT2D eigenvalue weighted by molar-refractivity contribution is 5.80. The van der Waals surface area contributed by atoms with Crippen molar-refractivity contribution in [2.45, 2.75) is 39.8 Å². The van der Waals surface area contributed by atoms with Crippen molar-refractivity contribution in [1.82, 2.24) is 4.90 Å². The third-order valence-electron chi connectivity index (χ3n) is 3.19. The van der Waals surface area contributed by atoms with E-state index in [-0.39, 0.29) is 11.9 Å². The second-order valence-electron chi connectivity index (χ2n) is 4.74. The van der Waals surface area contributed by atoms with Crippen molar-refractivity contribution in [2.75, 3.05) is 13.1 Å². The molecule has 0 aliphatic heterocycles. The summed E-state index contributed by atoms with van der Waals surface area (Å²) in [6.45, 7) is 8.50. The van der Waals surface area contributed by atoms with E-state index in [1.165, 1.54) is 12.1 Å². The van der Waals surface area contributed by atoms with E-state index in [1.54, 1.807) is 24.8 Å². The molecule has 0 fully saturated rings. The average molecular weight is 282 g/mol. The van der Waals surface area contributed by atoms with E-state index in [9.17, 15) is 9.18 Å². The fraction of sp³-hybridized carbons (Fsp3) is 0.533. The van der Waals surface area contributed by atoms with Crippen molar-refractivity contribution >= 4 is 5.91 Å². The van der Waals surface area contributed by atoms with Gasteiger partial charge in [0, 0.05) is 30.8 Å². The van der Waals surface area contributed by atoms with Crippen LogP contribution < -0.4 is 10.5 Å². The largest absolute Gasteiger partial charge is 0.480 e. The van der Waals surface area contributed by atoms with E-state index in [2.05, 4.69) is 0 Å². The number of hydrogen-bond donors (Lipinski definition) is 1. The van der Waals surface area contributed by atoms with Gasteiger partial charge in [-0.05, 0) is 33.8 Å². The fourth-order valence-corrected chi connectivity index (χ4v) is 2.02. The summed E-state index contributed by atoms with van der Waals surface area (Å²) in [7, 11) is 0. The summed E-state index contributed by atoms with van der Waals surface area (Å²) in [5, 5.41) is 0. The van der Waals surface area contributed by atoms with Gasteiger partial charge in [0.15, 0.2) is 6.10 Å². The van der Waals surface area contributed by atoms with E-state index in [4.69, 9.17) is 10.5 Å². The molecule has 1 rings (SSSR count). The Morgan fingerprint density at radius 3 is 2.45 bits per heavy atom. The molecule has 112 valence electrons. The Kier molecular flexibility index (Phi) is 5.95. The van der Waals surface area contributed by atoms with Crippen LogP contribution in [0, 0.1) is 5.82 Å². The Bertz CT molecular complexity index is 459. The SMILES string of the molecule is CCN(CC)C(=O)C(C)Oc1cc(F)ccc1[C@H](C)N. The number of likely N-dealkylation sites (N-methyl/N-ethyl adjacent to an activating group) is 1. The van der Waals surface area contributed by atoms with Gasteiger partial charge in [-0.3, -0.25) is 4.79 Å². The first-order valence-electron chi connectivity index (χ1n) is 6.91. The first-order valence-corrected chi connectivity index (χ1v) is 6.91. The van der Waals surface area contributed by atoms with E-state index >= 15 is 0 Å². The van der Waals surface area contributed by atoms with E-state index in [1.807, 2.05) is 13.8 Å². The van der Waals surface area contributed by atoms with Gasteiger partial charge < -0.3 is 15.4 Å². The Hall–Kier alpha value is -1.62. The molecule has 0 aromatic heterocycles. The molecule has 0 heterocycles. The first-order chi connectivity index (χ1) is 9.40. The molecule has 1 unspecified atom stereocenters. The molecule has 1 aromatic rings. The number of rotatable bonds is 6. The molecule has 0 aliphatic rings. The Balaban J connectivity index is 2.92. The quantitative estimate of drug-likeness (QED) is 0.872. The van der Waals surface area contributed by atoms with Crippen molar-refractivity contribution in [1.29, 1.82) is 0 Å². The summed E-state index contributed by atoms with van der Waals surface area (Å²) in [5.41, 5.74) is 6.52. The van der Waals surface area contributed by atoms with Crippen LogP contribution in [-0.4, -0.2) is 30.0 Å². The lowest BCUT2D eigenvalue weighted by atomic mass is 10.1. The zero-order valence-electron chi connectivity index (χ0n) is 12.5. The maximum absolute atomic E-state index is 13.3. The van der Waals surface area contributed by atoms with Gasteiger partial charge in [-0.1, -0.05) is 6.07 Å².